The Morgan fingerprint density at radius 2 is 1.56 bits per heavy atom. The quantitative estimate of drug-likeness (QED) is 0.593. The predicted molar refractivity (Wildman–Crippen MR) is 133 cm³/mol. The van der Waals surface area contributed by atoms with Gasteiger partial charge in [0.2, 0.25) is 17.6 Å². The molecular formula is C26H31N3O7. The number of rotatable bonds is 8. The summed E-state index contributed by atoms with van der Waals surface area (Å²) in [5, 5.41) is 2.83. The van der Waals surface area contributed by atoms with Gasteiger partial charge in [0.05, 0.1) is 40.0 Å². The number of amides is 4. The fourth-order valence-corrected chi connectivity index (χ4v) is 4.95. The van der Waals surface area contributed by atoms with Crippen LogP contribution < -0.4 is 29.2 Å². The molecule has 1 N–H and O–H groups in total. The van der Waals surface area contributed by atoms with Crippen LogP contribution in [-0.4, -0.2) is 63.8 Å². The summed E-state index contributed by atoms with van der Waals surface area (Å²) in [6.07, 6.45) is 3.09. The molecule has 10 heteroatoms. The van der Waals surface area contributed by atoms with Crippen LogP contribution in [0.15, 0.2) is 36.4 Å². The molecule has 1 aliphatic heterocycles. The van der Waals surface area contributed by atoms with Crippen molar-refractivity contribution in [3.63, 3.8) is 0 Å². The van der Waals surface area contributed by atoms with E-state index in [9.17, 15) is 14.4 Å². The van der Waals surface area contributed by atoms with Gasteiger partial charge in [0.25, 0.3) is 0 Å². The summed E-state index contributed by atoms with van der Waals surface area (Å²) < 4.78 is 21.4. The molecule has 1 heterocycles. The minimum Gasteiger partial charge on any atom is -0.497 e. The molecule has 2 aliphatic rings. The Kier molecular flexibility index (Phi) is 7.52. The van der Waals surface area contributed by atoms with Gasteiger partial charge in [-0.25, -0.2) is 9.69 Å². The van der Waals surface area contributed by atoms with E-state index in [0.29, 0.717) is 47.2 Å². The van der Waals surface area contributed by atoms with E-state index in [4.69, 9.17) is 18.9 Å². The first-order valence-electron chi connectivity index (χ1n) is 11.8. The number of nitrogens with zero attached hydrogens (tertiary/aromatic N) is 2. The lowest BCUT2D eigenvalue weighted by Crippen LogP contribution is -2.64. The average Bonchev–Trinajstić information content (AvgIpc) is 2.90. The van der Waals surface area contributed by atoms with Gasteiger partial charge < -0.3 is 29.2 Å². The van der Waals surface area contributed by atoms with Crippen LogP contribution in [0.2, 0.25) is 0 Å². The van der Waals surface area contributed by atoms with Crippen molar-refractivity contribution in [1.82, 2.24) is 4.90 Å². The van der Waals surface area contributed by atoms with Crippen LogP contribution in [0.5, 0.6) is 23.0 Å². The molecule has 2 unspecified atom stereocenters. The molecule has 0 spiro atoms. The Morgan fingerprint density at radius 1 is 0.917 bits per heavy atom. The highest BCUT2D eigenvalue weighted by atomic mass is 16.5. The van der Waals surface area contributed by atoms with Gasteiger partial charge in [-0.05, 0) is 37.1 Å². The first-order chi connectivity index (χ1) is 17.4. The van der Waals surface area contributed by atoms with Crippen LogP contribution in [0.1, 0.15) is 25.7 Å². The summed E-state index contributed by atoms with van der Waals surface area (Å²) in [5.41, 5.74) is 0.882. The number of fused-ring (bicyclic) bond motifs is 1. The molecule has 2 aromatic rings. The number of hydrogen-bond donors (Lipinski definition) is 1. The summed E-state index contributed by atoms with van der Waals surface area (Å²) in [7, 11) is 5.98. The molecule has 0 aromatic heterocycles. The lowest BCUT2D eigenvalue weighted by molar-refractivity contribution is -0.128. The Balaban J connectivity index is 1.64. The van der Waals surface area contributed by atoms with Crippen LogP contribution in [0.25, 0.3) is 0 Å². The van der Waals surface area contributed by atoms with E-state index in [0.717, 1.165) is 17.7 Å². The molecule has 1 saturated heterocycles. The zero-order valence-corrected chi connectivity index (χ0v) is 20.9. The molecule has 2 aromatic carbocycles. The molecule has 10 nitrogen and oxygen atoms in total. The minimum absolute atomic E-state index is 0.180. The van der Waals surface area contributed by atoms with E-state index in [2.05, 4.69) is 5.32 Å². The Bertz CT molecular complexity index is 1110. The molecule has 2 atom stereocenters. The van der Waals surface area contributed by atoms with Crippen LogP contribution in [-0.2, 0) is 9.59 Å². The van der Waals surface area contributed by atoms with E-state index >= 15 is 0 Å². The first kappa shape index (κ1) is 25.2. The summed E-state index contributed by atoms with van der Waals surface area (Å²) in [5.74, 6) is 0.631. The maximum Gasteiger partial charge on any atom is 0.332 e. The number of hydrogen-bond acceptors (Lipinski definition) is 7. The van der Waals surface area contributed by atoms with Gasteiger partial charge in [-0.3, -0.25) is 9.59 Å². The van der Waals surface area contributed by atoms with Crippen LogP contribution in [0.4, 0.5) is 16.2 Å². The van der Waals surface area contributed by atoms with Crippen LogP contribution in [0.3, 0.4) is 0 Å². The predicted octanol–water partition coefficient (Wildman–Crippen LogP) is 3.69. The topological polar surface area (TPSA) is 107 Å². The Hall–Kier alpha value is -3.95. The Morgan fingerprint density at radius 3 is 2.14 bits per heavy atom. The third-order valence-electron chi connectivity index (χ3n) is 6.70. The highest BCUT2D eigenvalue weighted by Gasteiger charge is 2.48. The summed E-state index contributed by atoms with van der Waals surface area (Å²) in [6, 6.07) is 9.17. The van der Waals surface area contributed by atoms with E-state index in [1.807, 2.05) is 0 Å². The number of carbonyl (C=O) groups is 3. The summed E-state index contributed by atoms with van der Waals surface area (Å²) in [6.45, 7) is -0.180. The number of anilines is 2. The van der Waals surface area contributed by atoms with Gasteiger partial charge >= 0.3 is 6.03 Å². The molecule has 4 rings (SSSR count). The molecule has 1 aliphatic carbocycles. The van der Waals surface area contributed by atoms with Crippen molar-refractivity contribution in [3.05, 3.63) is 36.4 Å². The van der Waals surface area contributed by atoms with Crippen molar-refractivity contribution >= 4 is 29.2 Å². The number of urea groups is 1. The zero-order valence-electron chi connectivity index (χ0n) is 20.9. The fraction of sp³-hybridized carbons (Fsp3) is 0.423. The van der Waals surface area contributed by atoms with Crippen molar-refractivity contribution in [2.75, 3.05) is 45.2 Å². The average molecular weight is 498 g/mol. The number of carbonyl (C=O) groups excluding carboxylic acids is 3. The van der Waals surface area contributed by atoms with Gasteiger partial charge in [-0.2, -0.15) is 0 Å². The SMILES string of the molecule is COc1ccc(NC(=O)CN2C(=O)N(c3cc(OC)c(OC)c(OC)c3)C(=O)C3CCCCC32)cc1. The van der Waals surface area contributed by atoms with E-state index in [1.165, 1.54) is 26.2 Å². The minimum atomic E-state index is -0.553. The number of methoxy groups -OCH3 is 4. The van der Waals surface area contributed by atoms with E-state index in [-0.39, 0.29) is 24.4 Å². The monoisotopic (exact) mass is 497 g/mol. The van der Waals surface area contributed by atoms with Crippen molar-refractivity contribution < 1.29 is 33.3 Å². The van der Waals surface area contributed by atoms with Crippen molar-refractivity contribution in [1.29, 1.82) is 0 Å². The normalized spacial score (nSPS) is 19.4. The highest BCUT2D eigenvalue weighted by molar-refractivity contribution is 6.18. The molecule has 0 radical (unpaired) electrons. The smallest absolute Gasteiger partial charge is 0.332 e. The Labute approximate surface area is 210 Å². The maximum absolute atomic E-state index is 13.7. The second-order valence-corrected chi connectivity index (χ2v) is 8.70. The van der Waals surface area contributed by atoms with Gasteiger partial charge in [-0.15, -0.1) is 0 Å². The molecule has 36 heavy (non-hydrogen) atoms. The lowest BCUT2D eigenvalue weighted by atomic mass is 9.81. The van der Waals surface area contributed by atoms with Gasteiger partial charge in [0.15, 0.2) is 11.5 Å². The second kappa shape index (κ2) is 10.8. The standard InChI is InChI=1S/C26H31N3O7/c1-33-18-11-9-16(10-12-18)27-23(30)15-28-20-8-6-5-7-19(20)25(31)29(26(28)32)17-13-21(34-2)24(36-4)22(14-17)35-3/h9-14,19-20H,5-8,15H2,1-4H3,(H,27,30). The van der Waals surface area contributed by atoms with Gasteiger partial charge in [0.1, 0.15) is 12.3 Å². The number of benzene rings is 2. The summed E-state index contributed by atoms with van der Waals surface area (Å²) >= 11 is 0. The van der Waals surface area contributed by atoms with Crippen molar-refractivity contribution in [2.45, 2.75) is 31.7 Å². The van der Waals surface area contributed by atoms with Crippen molar-refractivity contribution in [3.8, 4) is 23.0 Å². The van der Waals surface area contributed by atoms with Crippen molar-refractivity contribution in [2.24, 2.45) is 5.92 Å². The van der Waals surface area contributed by atoms with E-state index in [1.54, 1.807) is 43.5 Å². The second-order valence-electron chi connectivity index (χ2n) is 8.70. The third kappa shape index (κ3) is 4.75. The molecule has 0 bridgehead atoms. The number of imide groups is 1. The van der Waals surface area contributed by atoms with Gasteiger partial charge in [-0.1, -0.05) is 12.8 Å². The number of ether oxygens (including phenoxy) is 4. The van der Waals surface area contributed by atoms with Gasteiger partial charge in [0, 0.05) is 23.9 Å². The molecule has 192 valence electrons. The fourth-order valence-electron chi connectivity index (χ4n) is 4.95. The zero-order chi connectivity index (χ0) is 25.8. The third-order valence-corrected chi connectivity index (χ3v) is 6.70. The lowest BCUT2D eigenvalue weighted by Gasteiger charge is -2.46. The largest absolute Gasteiger partial charge is 0.497 e. The molecular weight excluding hydrogens is 466 g/mol. The molecule has 4 amide bonds. The summed E-state index contributed by atoms with van der Waals surface area (Å²) in [4.78, 5) is 42.9. The highest BCUT2D eigenvalue weighted by Crippen LogP contribution is 2.43. The molecule has 2 fully saturated rings. The first-order valence-corrected chi connectivity index (χ1v) is 11.8. The maximum atomic E-state index is 13.7. The van der Waals surface area contributed by atoms with Crippen LogP contribution >= 0.6 is 0 Å². The molecule has 1 saturated carbocycles. The van der Waals surface area contributed by atoms with E-state index < -0.39 is 11.9 Å². The number of nitrogens with one attached hydrogen (secondary N) is 1. The van der Waals surface area contributed by atoms with Crippen LogP contribution in [0, 0.1) is 5.92 Å².